The van der Waals surface area contributed by atoms with Crippen molar-refractivity contribution >= 4 is 23.5 Å². The van der Waals surface area contributed by atoms with Crippen molar-refractivity contribution in [3.63, 3.8) is 0 Å². The molecule has 2 heterocycles. The van der Waals surface area contributed by atoms with Crippen molar-refractivity contribution in [2.75, 3.05) is 0 Å². The highest BCUT2D eigenvalue weighted by Gasteiger charge is 2.49. The molecule has 0 spiro atoms. The van der Waals surface area contributed by atoms with Crippen LogP contribution in [0.2, 0.25) is 0 Å². The van der Waals surface area contributed by atoms with Crippen LogP contribution in [0.15, 0.2) is 24.3 Å². The van der Waals surface area contributed by atoms with Gasteiger partial charge in [0, 0.05) is 11.8 Å². The number of hydrogen-bond acceptors (Lipinski definition) is 6. The maximum absolute atomic E-state index is 12.1. The first-order chi connectivity index (χ1) is 14.3. The summed E-state index contributed by atoms with van der Waals surface area (Å²) in [6, 6.07) is 0. The molecule has 174 valence electrons. The minimum absolute atomic E-state index is 0.00685. The fourth-order valence-electron chi connectivity index (χ4n) is 4.15. The van der Waals surface area contributed by atoms with Crippen LogP contribution in [0, 0.1) is 35.0 Å². The van der Waals surface area contributed by atoms with E-state index in [-0.39, 0.29) is 53.4 Å². The van der Waals surface area contributed by atoms with E-state index in [1.807, 2.05) is 65.8 Å². The summed E-state index contributed by atoms with van der Waals surface area (Å²) in [7, 11) is 0. The van der Waals surface area contributed by atoms with Crippen molar-refractivity contribution in [2.24, 2.45) is 35.0 Å². The summed E-state index contributed by atoms with van der Waals surface area (Å²) in [6.07, 6.45) is 7.10. The fraction of sp³-hybridized carbons (Fsp3) is 0.680. The van der Waals surface area contributed by atoms with Gasteiger partial charge in [0.1, 0.15) is 23.5 Å². The molecule has 6 nitrogen and oxygen atoms in total. The summed E-state index contributed by atoms with van der Waals surface area (Å²) in [6.45, 7) is 16.3. The molecule has 2 saturated heterocycles. The largest absolute Gasteiger partial charge is 0.460 e. The van der Waals surface area contributed by atoms with Gasteiger partial charge in [-0.3, -0.25) is 19.2 Å². The number of ether oxygens (including phenoxy) is 2. The molecule has 0 aromatic rings. The lowest BCUT2D eigenvalue weighted by Crippen LogP contribution is -2.51. The normalized spacial score (nSPS) is 32.9. The van der Waals surface area contributed by atoms with Crippen LogP contribution < -0.4 is 0 Å². The summed E-state index contributed by atoms with van der Waals surface area (Å²) < 4.78 is 10.7. The highest BCUT2D eigenvalue weighted by Crippen LogP contribution is 2.35. The first kappa shape index (κ1) is 26.8. The molecule has 0 saturated carbocycles. The first-order valence-corrected chi connectivity index (χ1v) is 11.1. The Morgan fingerprint density at radius 3 is 1.71 bits per heavy atom. The van der Waals surface area contributed by atoms with Crippen molar-refractivity contribution in [3.05, 3.63) is 24.3 Å². The fourth-order valence-corrected chi connectivity index (χ4v) is 4.15. The average Bonchev–Trinajstić information content (AvgIpc) is 2.71. The molecular weight excluding hydrogens is 396 g/mol. The molecule has 1 unspecified atom stereocenters. The van der Waals surface area contributed by atoms with Gasteiger partial charge in [-0.2, -0.15) is 0 Å². The molecule has 31 heavy (non-hydrogen) atoms. The van der Waals surface area contributed by atoms with Gasteiger partial charge in [-0.05, 0) is 34.6 Å². The van der Waals surface area contributed by atoms with E-state index in [9.17, 15) is 19.2 Å². The lowest BCUT2D eigenvalue weighted by atomic mass is 9.75. The zero-order valence-electron chi connectivity index (χ0n) is 20.3. The first-order valence-electron chi connectivity index (χ1n) is 11.1. The van der Waals surface area contributed by atoms with Gasteiger partial charge in [0.05, 0.1) is 11.8 Å². The molecule has 0 radical (unpaired) electrons. The van der Waals surface area contributed by atoms with Crippen LogP contribution in [-0.2, 0) is 28.7 Å². The molecule has 2 aliphatic rings. The smallest absolute Gasteiger partial charge is 0.319 e. The number of carbonyl (C=O) groups is 4. The number of esters is 2. The molecule has 2 rings (SSSR count). The van der Waals surface area contributed by atoms with E-state index in [0.717, 1.165) is 0 Å². The summed E-state index contributed by atoms with van der Waals surface area (Å²) in [5, 5.41) is 0. The van der Waals surface area contributed by atoms with Gasteiger partial charge in [0.15, 0.2) is 11.6 Å². The summed E-state index contributed by atoms with van der Waals surface area (Å²) in [5.41, 5.74) is -0.994. The number of ketones is 2. The van der Waals surface area contributed by atoms with E-state index in [1.54, 1.807) is 20.8 Å². The predicted molar refractivity (Wildman–Crippen MR) is 119 cm³/mol. The van der Waals surface area contributed by atoms with Crippen LogP contribution in [0.4, 0.5) is 0 Å². The monoisotopic (exact) mass is 434 g/mol. The van der Waals surface area contributed by atoms with E-state index < -0.39 is 17.3 Å². The zero-order valence-corrected chi connectivity index (χ0v) is 20.3. The minimum atomic E-state index is -0.994. The highest BCUT2D eigenvalue weighted by atomic mass is 16.6. The second-order valence-electron chi connectivity index (χ2n) is 9.23. The average molecular weight is 435 g/mol. The molecule has 7 atom stereocenters. The van der Waals surface area contributed by atoms with E-state index in [2.05, 4.69) is 0 Å². The topological polar surface area (TPSA) is 86.7 Å². The molecule has 0 N–H and O–H groups in total. The van der Waals surface area contributed by atoms with Crippen LogP contribution in [0.1, 0.15) is 62.3 Å². The molecule has 0 aromatic carbocycles. The van der Waals surface area contributed by atoms with Crippen molar-refractivity contribution < 1.29 is 28.7 Å². The zero-order chi connectivity index (χ0) is 24.1. The van der Waals surface area contributed by atoms with Gasteiger partial charge in [-0.1, -0.05) is 52.0 Å². The van der Waals surface area contributed by atoms with E-state index in [1.165, 1.54) is 0 Å². The lowest BCUT2D eigenvalue weighted by Gasteiger charge is -2.38. The van der Waals surface area contributed by atoms with Crippen LogP contribution in [0.25, 0.3) is 0 Å². The third kappa shape index (κ3) is 5.92. The Labute approximate surface area is 186 Å². The third-order valence-electron chi connectivity index (χ3n) is 6.28. The number of hydrogen-bond donors (Lipinski definition) is 0. The lowest BCUT2D eigenvalue weighted by molar-refractivity contribution is -0.179. The molecule has 2 aliphatic heterocycles. The summed E-state index contributed by atoms with van der Waals surface area (Å²) >= 11 is 0. The maximum atomic E-state index is 12.1. The molecule has 0 amide bonds. The maximum Gasteiger partial charge on any atom is 0.319 e. The molecular formula is C25H38O6. The van der Waals surface area contributed by atoms with Crippen molar-refractivity contribution in [1.29, 1.82) is 0 Å². The van der Waals surface area contributed by atoms with E-state index in [0.29, 0.717) is 0 Å². The number of allylic oxidation sites excluding steroid dienone is 2. The summed E-state index contributed by atoms with van der Waals surface area (Å²) in [4.78, 5) is 46.9. The molecule has 0 aromatic heterocycles. The van der Waals surface area contributed by atoms with Crippen LogP contribution in [0.5, 0.6) is 0 Å². The standard InChI is InChI=1S/C13H20O3.C12H18O3/c1-6-7-8(2)10-9(3)11(14)13(4,5)12(15)16-10;1-5-6-7(2)11-8(3)10(13)9(4)12(14)15-11/h6-10H,1-5H3;5-9,11H,1-4H3/b7-6+;6-5+/t8-,9+,10-;7-,8-,9?,11-/m00/s1. The van der Waals surface area contributed by atoms with Gasteiger partial charge in [0.2, 0.25) is 0 Å². The number of rotatable bonds is 4. The van der Waals surface area contributed by atoms with Crippen molar-refractivity contribution in [2.45, 2.75) is 74.5 Å². The quantitative estimate of drug-likeness (QED) is 0.372. The minimum Gasteiger partial charge on any atom is -0.460 e. The van der Waals surface area contributed by atoms with E-state index >= 15 is 0 Å². The Hall–Kier alpha value is -2.24. The van der Waals surface area contributed by atoms with Gasteiger partial charge >= 0.3 is 11.9 Å². The highest BCUT2D eigenvalue weighted by molar-refractivity contribution is 6.06. The Kier molecular flexibility index (Phi) is 9.40. The SMILES string of the molecule is C/C=C/[C@H](C)[C@@H]1OC(=O)C(C)(C)C(=O)[C@@H]1C.C/C=C/[C@H](C)[C@@H]1OC(=O)C(C)C(=O)[C@@H]1C. The molecule has 0 bridgehead atoms. The third-order valence-corrected chi connectivity index (χ3v) is 6.28. The van der Waals surface area contributed by atoms with Crippen molar-refractivity contribution in [1.82, 2.24) is 0 Å². The van der Waals surface area contributed by atoms with E-state index in [4.69, 9.17) is 9.47 Å². The summed E-state index contributed by atoms with van der Waals surface area (Å²) in [5.74, 6) is -1.71. The predicted octanol–water partition coefficient (Wildman–Crippen LogP) is 4.32. The number of Topliss-reactive ketones (excluding diaryl/α,β-unsaturated/α-hetero) is 2. The second-order valence-corrected chi connectivity index (χ2v) is 9.23. The molecule has 2 fully saturated rings. The molecule has 0 aliphatic carbocycles. The van der Waals surface area contributed by atoms with Gasteiger partial charge in [-0.25, -0.2) is 0 Å². The van der Waals surface area contributed by atoms with Crippen LogP contribution >= 0.6 is 0 Å². The van der Waals surface area contributed by atoms with Crippen molar-refractivity contribution in [3.8, 4) is 0 Å². The van der Waals surface area contributed by atoms with Gasteiger partial charge in [-0.15, -0.1) is 0 Å². The van der Waals surface area contributed by atoms with Crippen LogP contribution in [-0.4, -0.2) is 35.7 Å². The Morgan fingerprint density at radius 1 is 0.806 bits per heavy atom. The van der Waals surface area contributed by atoms with Crippen LogP contribution in [0.3, 0.4) is 0 Å². The Balaban J connectivity index is 0.000000311. The number of cyclic esters (lactones) is 2. The van der Waals surface area contributed by atoms with Gasteiger partial charge < -0.3 is 9.47 Å². The van der Waals surface area contributed by atoms with Gasteiger partial charge in [0.25, 0.3) is 0 Å². The number of carbonyl (C=O) groups excluding carboxylic acids is 4. The molecule has 6 heteroatoms. The second kappa shape index (κ2) is 10.9. The Bertz CT molecular complexity index is 747. The Morgan fingerprint density at radius 2 is 1.26 bits per heavy atom.